The lowest BCUT2D eigenvalue weighted by atomic mass is 10.1. The summed E-state index contributed by atoms with van der Waals surface area (Å²) in [6.45, 7) is 2.57. The molecular formula is C16H21N3O2. The van der Waals surface area contributed by atoms with Gasteiger partial charge >= 0.3 is 0 Å². The minimum atomic E-state index is 0.0327. The van der Waals surface area contributed by atoms with Crippen LogP contribution < -0.4 is 0 Å². The van der Waals surface area contributed by atoms with Crippen LogP contribution in [-0.4, -0.2) is 52.8 Å². The quantitative estimate of drug-likeness (QED) is 0.829. The topological polar surface area (TPSA) is 53.5 Å². The van der Waals surface area contributed by atoms with Crippen molar-refractivity contribution in [1.29, 1.82) is 0 Å². The van der Waals surface area contributed by atoms with Crippen molar-refractivity contribution in [2.45, 2.75) is 25.7 Å². The minimum absolute atomic E-state index is 0.0327. The highest BCUT2D eigenvalue weighted by molar-refractivity contribution is 5.94. The van der Waals surface area contributed by atoms with Crippen LogP contribution in [0.5, 0.6) is 0 Å². The van der Waals surface area contributed by atoms with Crippen molar-refractivity contribution in [1.82, 2.24) is 14.8 Å². The zero-order valence-electron chi connectivity index (χ0n) is 12.2. The van der Waals surface area contributed by atoms with Gasteiger partial charge in [-0.3, -0.25) is 14.6 Å². The summed E-state index contributed by atoms with van der Waals surface area (Å²) in [6, 6.07) is 3.47. The molecule has 2 aliphatic rings. The maximum Gasteiger partial charge on any atom is 0.254 e. The summed E-state index contributed by atoms with van der Waals surface area (Å²) in [5.74, 6) is 0.557. The number of carbonyl (C=O) groups is 2. The summed E-state index contributed by atoms with van der Waals surface area (Å²) >= 11 is 0. The summed E-state index contributed by atoms with van der Waals surface area (Å²) in [6.07, 6.45) is 7.69. The molecule has 1 saturated carbocycles. The van der Waals surface area contributed by atoms with Crippen molar-refractivity contribution in [3.8, 4) is 0 Å². The molecule has 5 nitrogen and oxygen atoms in total. The van der Waals surface area contributed by atoms with Crippen LogP contribution >= 0.6 is 0 Å². The van der Waals surface area contributed by atoms with Crippen LogP contribution in [-0.2, 0) is 4.79 Å². The van der Waals surface area contributed by atoms with Crippen molar-refractivity contribution in [3.63, 3.8) is 0 Å². The Morgan fingerprint density at radius 1 is 0.952 bits per heavy atom. The zero-order chi connectivity index (χ0) is 14.7. The molecule has 3 rings (SSSR count). The van der Waals surface area contributed by atoms with E-state index < -0.39 is 0 Å². The number of hydrogen-bond donors (Lipinski definition) is 0. The fourth-order valence-electron chi connectivity index (χ4n) is 3.24. The smallest absolute Gasteiger partial charge is 0.254 e. The van der Waals surface area contributed by atoms with Gasteiger partial charge in [-0.25, -0.2) is 0 Å². The number of hydrogen-bond acceptors (Lipinski definition) is 3. The number of rotatable bonds is 2. The molecule has 2 amide bonds. The molecule has 0 unspecified atom stereocenters. The predicted octanol–water partition coefficient (Wildman–Crippen LogP) is 1.56. The molecule has 1 saturated heterocycles. The molecule has 112 valence electrons. The molecule has 0 atom stereocenters. The van der Waals surface area contributed by atoms with Gasteiger partial charge in [0.25, 0.3) is 5.91 Å². The second kappa shape index (κ2) is 6.24. The van der Waals surface area contributed by atoms with E-state index in [4.69, 9.17) is 0 Å². The van der Waals surface area contributed by atoms with Gasteiger partial charge in [0, 0.05) is 50.1 Å². The van der Waals surface area contributed by atoms with Crippen LogP contribution in [0.25, 0.3) is 0 Å². The monoisotopic (exact) mass is 287 g/mol. The third-order valence-electron chi connectivity index (χ3n) is 4.51. The zero-order valence-corrected chi connectivity index (χ0v) is 12.2. The summed E-state index contributed by atoms with van der Waals surface area (Å²) in [4.78, 5) is 32.4. The van der Waals surface area contributed by atoms with Crippen LogP contribution in [0, 0.1) is 5.92 Å². The Morgan fingerprint density at radius 3 is 2.14 bits per heavy atom. The van der Waals surface area contributed by atoms with Gasteiger partial charge in [-0.05, 0) is 25.0 Å². The fourth-order valence-corrected chi connectivity index (χ4v) is 3.24. The molecular weight excluding hydrogens is 266 g/mol. The first-order valence-electron chi connectivity index (χ1n) is 7.74. The Morgan fingerprint density at radius 2 is 1.52 bits per heavy atom. The molecule has 1 aromatic rings. The number of pyridine rings is 1. The SMILES string of the molecule is O=C(c1ccncc1)N1CCN(C(=O)C2CCCC2)CC1. The first kappa shape index (κ1) is 14.0. The number of nitrogens with zero attached hydrogens (tertiary/aromatic N) is 3. The second-order valence-electron chi connectivity index (χ2n) is 5.83. The molecule has 0 aromatic carbocycles. The first-order valence-corrected chi connectivity index (χ1v) is 7.74. The highest BCUT2D eigenvalue weighted by atomic mass is 16.2. The Kier molecular flexibility index (Phi) is 4.18. The van der Waals surface area contributed by atoms with E-state index in [0.717, 1.165) is 12.8 Å². The van der Waals surface area contributed by atoms with Crippen molar-refractivity contribution < 1.29 is 9.59 Å². The van der Waals surface area contributed by atoms with Crippen LogP contribution in [0.15, 0.2) is 24.5 Å². The van der Waals surface area contributed by atoms with E-state index in [-0.39, 0.29) is 11.8 Å². The van der Waals surface area contributed by atoms with Crippen LogP contribution in [0.2, 0.25) is 0 Å². The lowest BCUT2D eigenvalue weighted by molar-refractivity contribution is -0.136. The van der Waals surface area contributed by atoms with Crippen molar-refractivity contribution >= 4 is 11.8 Å². The lowest BCUT2D eigenvalue weighted by Crippen LogP contribution is -2.51. The summed E-state index contributed by atoms with van der Waals surface area (Å²) < 4.78 is 0. The van der Waals surface area contributed by atoms with E-state index in [2.05, 4.69) is 4.98 Å². The average Bonchev–Trinajstić information content (AvgIpc) is 3.09. The Bertz CT molecular complexity index is 504. The molecule has 21 heavy (non-hydrogen) atoms. The minimum Gasteiger partial charge on any atom is -0.339 e. The highest BCUT2D eigenvalue weighted by Crippen LogP contribution is 2.27. The summed E-state index contributed by atoms with van der Waals surface area (Å²) in [5, 5.41) is 0. The standard InChI is InChI=1S/C16H21N3O2/c20-15(13-3-1-2-4-13)18-9-11-19(12-10-18)16(21)14-5-7-17-8-6-14/h5-8,13H,1-4,9-12H2. The van der Waals surface area contributed by atoms with Gasteiger partial charge in [0.1, 0.15) is 0 Å². The van der Waals surface area contributed by atoms with Crippen LogP contribution in [0.3, 0.4) is 0 Å². The van der Waals surface area contributed by atoms with Gasteiger partial charge in [-0.2, -0.15) is 0 Å². The highest BCUT2D eigenvalue weighted by Gasteiger charge is 2.30. The molecule has 1 aliphatic carbocycles. The van der Waals surface area contributed by atoms with Crippen molar-refractivity contribution in [2.75, 3.05) is 26.2 Å². The number of aromatic nitrogens is 1. The predicted molar refractivity (Wildman–Crippen MR) is 78.7 cm³/mol. The van der Waals surface area contributed by atoms with Gasteiger partial charge in [-0.15, -0.1) is 0 Å². The van der Waals surface area contributed by atoms with E-state index in [0.29, 0.717) is 37.6 Å². The van der Waals surface area contributed by atoms with Gasteiger partial charge in [-0.1, -0.05) is 12.8 Å². The van der Waals surface area contributed by atoms with E-state index in [1.807, 2.05) is 9.80 Å². The Hall–Kier alpha value is -1.91. The normalized spacial score (nSPS) is 19.8. The molecule has 5 heteroatoms. The molecule has 2 heterocycles. The van der Waals surface area contributed by atoms with Gasteiger partial charge < -0.3 is 9.80 Å². The molecule has 0 N–H and O–H groups in total. The fraction of sp³-hybridized carbons (Fsp3) is 0.562. The molecule has 1 aliphatic heterocycles. The van der Waals surface area contributed by atoms with Gasteiger partial charge in [0.2, 0.25) is 5.91 Å². The van der Waals surface area contributed by atoms with Crippen LogP contribution in [0.4, 0.5) is 0 Å². The van der Waals surface area contributed by atoms with E-state index >= 15 is 0 Å². The van der Waals surface area contributed by atoms with Crippen LogP contribution in [0.1, 0.15) is 36.0 Å². The van der Waals surface area contributed by atoms with E-state index in [1.54, 1.807) is 24.5 Å². The van der Waals surface area contributed by atoms with Gasteiger partial charge in [0.05, 0.1) is 0 Å². The molecule has 0 spiro atoms. The number of carbonyl (C=O) groups excluding carboxylic acids is 2. The number of amides is 2. The second-order valence-corrected chi connectivity index (χ2v) is 5.83. The Balaban J connectivity index is 1.55. The van der Waals surface area contributed by atoms with Gasteiger partial charge in [0.15, 0.2) is 0 Å². The third-order valence-corrected chi connectivity index (χ3v) is 4.51. The Labute approximate surface area is 124 Å². The van der Waals surface area contributed by atoms with E-state index in [9.17, 15) is 9.59 Å². The molecule has 2 fully saturated rings. The largest absolute Gasteiger partial charge is 0.339 e. The average molecular weight is 287 g/mol. The summed E-state index contributed by atoms with van der Waals surface area (Å²) in [5.41, 5.74) is 0.667. The van der Waals surface area contributed by atoms with E-state index in [1.165, 1.54) is 12.8 Å². The summed E-state index contributed by atoms with van der Waals surface area (Å²) in [7, 11) is 0. The lowest BCUT2D eigenvalue weighted by Gasteiger charge is -2.36. The maximum absolute atomic E-state index is 12.4. The number of piperazine rings is 1. The molecule has 0 bridgehead atoms. The van der Waals surface area contributed by atoms with Crippen molar-refractivity contribution in [2.24, 2.45) is 5.92 Å². The third kappa shape index (κ3) is 3.06. The molecule has 1 aromatic heterocycles. The van der Waals surface area contributed by atoms with Crippen molar-refractivity contribution in [3.05, 3.63) is 30.1 Å². The maximum atomic E-state index is 12.4. The molecule has 0 radical (unpaired) electrons. The first-order chi connectivity index (χ1) is 10.3.